The van der Waals surface area contributed by atoms with Gasteiger partial charge < -0.3 is 24.0 Å². The first-order valence-corrected chi connectivity index (χ1v) is 10.9. The molecule has 0 N–H and O–H groups in total. The normalized spacial score (nSPS) is 10.9. The van der Waals surface area contributed by atoms with Crippen molar-refractivity contribution >= 4 is 22.6 Å². The van der Waals surface area contributed by atoms with Gasteiger partial charge in [0.05, 0.1) is 21.3 Å². The molecule has 0 aliphatic heterocycles. The molecule has 1 amide bonds. The summed E-state index contributed by atoms with van der Waals surface area (Å²) in [4.78, 5) is 21.9. The van der Waals surface area contributed by atoms with E-state index in [1.54, 1.807) is 21.3 Å². The van der Waals surface area contributed by atoms with Gasteiger partial charge in [-0.15, -0.1) is 0 Å². The highest BCUT2D eigenvalue weighted by atomic mass is 16.5. The summed E-state index contributed by atoms with van der Waals surface area (Å²) < 4.78 is 16.4. The fraction of sp³-hybridized carbons (Fsp3) is 0.385. The Hall–Kier alpha value is -3.48. The van der Waals surface area contributed by atoms with Crippen LogP contribution in [0.2, 0.25) is 0 Å². The topological polar surface area (TPSA) is 64.1 Å². The number of rotatable bonds is 9. The Morgan fingerprint density at radius 2 is 1.55 bits per heavy atom. The number of aromatic nitrogens is 1. The molecule has 7 nitrogen and oxygen atoms in total. The van der Waals surface area contributed by atoms with Gasteiger partial charge >= 0.3 is 0 Å². The smallest absolute Gasteiger partial charge is 0.225 e. The van der Waals surface area contributed by atoms with Crippen molar-refractivity contribution in [1.82, 2.24) is 9.88 Å². The van der Waals surface area contributed by atoms with Crippen LogP contribution in [0.15, 0.2) is 42.5 Å². The first-order valence-electron chi connectivity index (χ1n) is 10.9. The summed E-state index contributed by atoms with van der Waals surface area (Å²) in [6.45, 7) is 4.74. The van der Waals surface area contributed by atoms with Crippen molar-refractivity contribution in [2.75, 3.05) is 40.3 Å². The van der Waals surface area contributed by atoms with Gasteiger partial charge in [0.1, 0.15) is 28.6 Å². The average Bonchev–Trinajstić information content (AvgIpc) is 2.82. The molecule has 0 fully saturated rings. The third-order valence-electron chi connectivity index (χ3n) is 5.53. The molecule has 0 bridgehead atoms. The van der Waals surface area contributed by atoms with Crippen LogP contribution in [0.3, 0.4) is 0 Å². The Morgan fingerprint density at radius 1 is 0.909 bits per heavy atom. The summed E-state index contributed by atoms with van der Waals surface area (Å²) in [5, 5.41) is 0.846. The monoisotopic (exact) mass is 451 g/mol. The van der Waals surface area contributed by atoms with Crippen LogP contribution in [0, 0.1) is 5.92 Å². The van der Waals surface area contributed by atoms with Crippen molar-refractivity contribution in [3.8, 4) is 17.2 Å². The molecule has 0 saturated heterocycles. The van der Waals surface area contributed by atoms with Crippen LogP contribution in [0.25, 0.3) is 10.9 Å². The van der Waals surface area contributed by atoms with Crippen LogP contribution in [0.5, 0.6) is 17.2 Å². The summed E-state index contributed by atoms with van der Waals surface area (Å²) in [6, 6.07) is 13.6. The minimum atomic E-state index is -0.130. The molecule has 0 spiro atoms. The Morgan fingerprint density at radius 3 is 2.09 bits per heavy atom. The van der Waals surface area contributed by atoms with E-state index in [-0.39, 0.29) is 11.8 Å². The Balaban J connectivity index is 2.08. The molecule has 33 heavy (non-hydrogen) atoms. The second kappa shape index (κ2) is 10.4. The molecular formula is C26H33N3O4. The number of carbonyl (C=O) groups excluding carboxylic acids is 1. The zero-order chi connectivity index (χ0) is 24.1. The van der Waals surface area contributed by atoms with Crippen LogP contribution >= 0.6 is 0 Å². The first-order chi connectivity index (χ1) is 15.8. The van der Waals surface area contributed by atoms with Gasteiger partial charge in [0.25, 0.3) is 0 Å². The van der Waals surface area contributed by atoms with E-state index in [1.165, 1.54) is 0 Å². The molecule has 3 aromatic rings. The quantitative estimate of drug-likeness (QED) is 0.477. The Labute approximate surface area is 195 Å². The van der Waals surface area contributed by atoms with Gasteiger partial charge in [-0.3, -0.25) is 4.79 Å². The maximum absolute atomic E-state index is 13.2. The Kier molecular flexibility index (Phi) is 7.63. The molecule has 2 aromatic carbocycles. The summed E-state index contributed by atoms with van der Waals surface area (Å²) in [7, 11) is 8.80. The fourth-order valence-electron chi connectivity index (χ4n) is 3.82. The molecule has 0 saturated carbocycles. The summed E-state index contributed by atoms with van der Waals surface area (Å²) >= 11 is 0. The number of fused-ring (bicyclic) bond motifs is 1. The van der Waals surface area contributed by atoms with Crippen LogP contribution in [0.1, 0.15) is 25.0 Å². The lowest BCUT2D eigenvalue weighted by Gasteiger charge is -2.27. The van der Waals surface area contributed by atoms with E-state index in [2.05, 4.69) is 0 Å². The minimum Gasteiger partial charge on any atom is -0.497 e. The molecule has 0 aliphatic carbocycles. The molecule has 1 heterocycles. The predicted octanol–water partition coefficient (Wildman–Crippen LogP) is 4.51. The molecule has 0 aliphatic rings. The highest BCUT2D eigenvalue weighted by Crippen LogP contribution is 2.35. The zero-order valence-corrected chi connectivity index (χ0v) is 20.5. The van der Waals surface area contributed by atoms with E-state index in [0.29, 0.717) is 24.6 Å². The first kappa shape index (κ1) is 24.2. The van der Waals surface area contributed by atoms with E-state index in [0.717, 1.165) is 33.6 Å². The van der Waals surface area contributed by atoms with Gasteiger partial charge in [-0.25, -0.2) is 4.98 Å². The van der Waals surface area contributed by atoms with E-state index < -0.39 is 0 Å². The lowest BCUT2D eigenvalue weighted by Crippen LogP contribution is -2.34. The van der Waals surface area contributed by atoms with Crippen LogP contribution in [-0.2, 0) is 17.9 Å². The number of nitrogens with zero attached hydrogens (tertiary/aromatic N) is 3. The number of ether oxygens (including phenoxy) is 3. The number of hydrogen-bond donors (Lipinski definition) is 0. The number of pyridine rings is 1. The third kappa shape index (κ3) is 5.30. The van der Waals surface area contributed by atoms with Gasteiger partial charge in [0.2, 0.25) is 5.91 Å². The largest absolute Gasteiger partial charge is 0.497 e. The predicted molar refractivity (Wildman–Crippen MR) is 131 cm³/mol. The second-order valence-corrected chi connectivity index (χ2v) is 8.43. The minimum absolute atomic E-state index is 0.0771. The van der Waals surface area contributed by atoms with E-state index >= 15 is 0 Å². The third-order valence-corrected chi connectivity index (χ3v) is 5.53. The average molecular weight is 452 g/mol. The number of amides is 1. The number of benzene rings is 2. The molecule has 1 aromatic heterocycles. The van der Waals surface area contributed by atoms with Gasteiger partial charge in [-0.05, 0) is 35.9 Å². The van der Waals surface area contributed by atoms with Crippen molar-refractivity contribution in [3.63, 3.8) is 0 Å². The molecule has 0 unspecified atom stereocenters. The highest BCUT2D eigenvalue weighted by molar-refractivity contribution is 5.92. The molecular weight excluding hydrogens is 418 g/mol. The van der Waals surface area contributed by atoms with Crippen molar-refractivity contribution < 1.29 is 19.0 Å². The van der Waals surface area contributed by atoms with E-state index in [1.807, 2.05) is 80.2 Å². The van der Waals surface area contributed by atoms with Gasteiger partial charge in [-0.1, -0.05) is 26.0 Å². The number of hydrogen-bond acceptors (Lipinski definition) is 6. The second-order valence-electron chi connectivity index (χ2n) is 8.43. The van der Waals surface area contributed by atoms with Gasteiger partial charge in [0.15, 0.2) is 0 Å². The van der Waals surface area contributed by atoms with Crippen molar-refractivity contribution in [3.05, 3.63) is 53.6 Å². The SMILES string of the molecule is COc1ccc(CN(Cc2cc3c(OC)ccc(OC)c3nc2N(C)C)C(=O)C(C)C)cc1. The number of anilines is 1. The highest BCUT2D eigenvalue weighted by Gasteiger charge is 2.22. The zero-order valence-electron chi connectivity index (χ0n) is 20.5. The molecule has 0 atom stereocenters. The summed E-state index contributed by atoms with van der Waals surface area (Å²) in [5.74, 6) is 2.90. The standard InChI is InChI=1S/C26H33N3O4/c1-17(2)26(30)29(15-18-8-10-20(31-5)11-9-18)16-19-14-21-22(32-6)12-13-23(33-7)24(21)27-25(19)28(3)4/h8-14,17H,15-16H2,1-7H3. The van der Waals surface area contributed by atoms with Crippen LogP contribution < -0.4 is 19.1 Å². The number of methoxy groups -OCH3 is 3. The van der Waals surface area contributed by atoms with Crippen molar-refractivity contribution in [2.45, 2.75) is 26.9 Å². The summed E-state index contributed by atoms with van der Waals surface area (Å²) in [6.07, 6.45) is 0. The Bertz CT molecular complexity index is 1110. The molecule has 0 radical (unpaired) electrons. The van der Waals surface area contributed by atoms with Gasteiger partial charge in [-0.2, -0.15) is 0 Å². The van der Waals surface area contributed by atoms with E-state index in [9.17, 15) is 4.79 Å². The maximum Gasteiger partial charge on any atom is 0.225 e. The van der Waals surface area contributed by atoms with Crippen LogP contribution in [0.4, 0.5) is 5.82 Å². The molecule has 7 heteroatoms. The molecule has 3 rings (SSSR count). The maximum atomic E-state index is 13.2. The molecule has 176 valence electrons. The van der Waals surface area contributed by atoms with Gasteiger partial charge in [0, 0.05) is 44.1 Å². The fourth-order valence-corrected chi connectivity index (χ4v) is 3.82. The van der Waals surface area contributed by atoms with Crippen molar-refractivity contribution in [1.29, 1.82) is 0 Å². The summed E-state index contributed by atoms with van der Waals surface area (Å²) in [5.41, 5.74) is 2.69. The number of carbonyl (C=O) groups is 1. The van der Waals surface area contributed by atoms with Crippen molar-refractivity contribution in [2.24, 2.45) is 5.92 Å². The lowest BCUT2D eigenvalue weighted by molar-refractivity contribution is -0.135. The van der Waals surface area contributed by atoms with Crippen LogP contribution in [-0.4, -0.2) is 51.2 Å². The van der Waals surface area contributed by atoms with E-state index in [4.69, 9.17) is 19.2 Å². The lowest BCUT2D eigenvalue weighted by atomic mass is 10.1.